The normalized spacial score (nSPS) is 13.5. The van der Waals surface area contributed by atoms with Crippen LogP contribution in [0.4, 0.5) is 0 Å². The van der Waals surface area contributed by atoms with Crippen molar-refractivity contribution in [1.82, 2.24) is 0 Å². The second-order valence-corrected chi connectivity index (χ2v) is 5.81. The van der Waals surface area contributed by atoms with Gasteiger partial charge in [0, 0.05) is 0 Å². The van der Waals surface area contributed by atoms with Crippen LogP contribution in [0.5, 0.6) is 0 Å². The molecule has 0 saturated heterocycles. The summed E-state index contributed by atoms with van der Waals surface area (Å²) in [6.45, 7) is 6.92. The third-order valence-electron chi connectivity index (χ3n) is 1.94. The zero-order chi connectivity index (χ0) is 8.27. The van der Waals surface area contributed by atoms with Crippen molar-refractivity contribution in [2.24, 2.45) is 0 Å². The lowest BCUT2D eigenvalue weighted by molar-refractivity contribution is 1.10. The van der Waals surface area contributed by atoms with E-state index in [4.69, 9.17) is 0 Å². The summed E-state index contributed by atoms with van der Waals surface area (Å²) in [6.07, 6.45) is 0. The standard InChI is InChI=1S/C10H15P/c1-9(2)11(3)10-7-5-4-6-8-10/h4-9H,1-3H3. The molecule has 0 fully saturated rings. The molecule has 0 bridgehead atoms. The number of rotatable bonds is 2. The molecule has 1 aromatic carbocycles. The van der Waals surface area contributed by atoms with Crippen LogP contribution in [-0.4, -0.2) is 12.3 Å². The van der Waals surface area contributed by atoms with Gasteiger partial charge in [-0.3, -0.25) is 0 Å². The zero-order valence-corrected chi connectivity index (χ0v) is 8.31. The van der Waals surface area contributed by atoms with E-state index in [1.165, 1.54) is 5.30 Å². The van der Waals surface area contributed by atoms with Crippen LogP contribution in [0, 0.1) is 0 Å². The van der Waals surface area contributed by atoms with E-state index in [1.807, 2.05) is 0 Å². The molecule has 0 aliphatic rings. The molecular formula is C10H15P. The van der Waals surface area contributed by atoms with Crippen molar-refractivity contribution >= 4 is 13.2 Å². The molecule has 0 spiro atoms. The molecule has 0 nitrogen and oxygen atoms in total. The van der Waals surface area contributed by atoms with E-state index in [0.717, 1.165) is 5.66 Å². The first kappa shape index (κ1) is 8.74. The van der Waals surface area contributed by atoms with Gasteiger partial charge in [-0.05, 0) is 17.6 Å². The van der Waals surface area contributed by atoms with E-state index in [2.05, 4.69) is 50.8 Å². The Morgan fingerprint density at radius 1 is 1.09 bits per heavy atom. The molecule has 1 atom stereocenters. The van der Waals surface area contributed by atoms with Gasteiger partial charge >= 0.3 is 0 Å². The molecule has 1 aromatic rings. The minimum Gasteiger partial charge on any atom is -0.0759 e. The average molecular weight is 166 g/mol. The highest BCUT2D eigenvalue weighted by Gasteiger charge is 2.06. The number of hydrogen-bond acceptors (Lipinski definition) is 0. The Labute approximate surface area is 70.4 Å². The third kappa shape index (κ3) is 2.31. The highest BCUT2D eigenvalue weighted by Crippen LogP contribution is 2.34. The smallest absolute Gasteiger partial charge is 0.0228 e. The Kier molecular flexibility index (Phi) is 3.08. The first-order chi connectivity index (χ1) is 5.22. The molecule has 0 amide bonds. The van der Waals surface area contributed by atoms with Crippen LogP contribution >= 0.6 is 7.92 Å². The summed E-state index contributed by atoms with van der Waals surface area (Å²) in [6, 6.07) is 10.8. The molecule has 0 heterocycles. The van der Waals surface area contributed by atoms with Crippen LogP contribution < -0.4 is 5.30 Å². The Hall–Kier alpha value is -0.350. The fourth-order valence-corrected chi connectivity index (χ4v) is 2.20. The summed E-state index contributed by atoms with van der Waals surface area (Å²) < 4.78 is 0. The van der Waals surface area contributed by atoms with Crippen molar-refractivity contribution in [2.75, 3.05) is 6.66 Å². The molecule has 1 heteroatoms. The van der Waals surface area contributed by atoms with E-state index in [9.17, 15) is 0 Å². The monoisotopic (exact) mass is 166 g/mol. The predicted molar refractivity (Wildman–Crippen MR) is 54.1 cm³/mol. The summed E-state index contributed by atoms with van der Waals surface area (Å²) >= 11 is 0. The lowest BCUT2D eigenvalue weighted by Crippen LogP contribution is -2.05. The fourth-order valence-electron chi connectivity index (χ4n) is 0.961. The van der Waals surface area contributed by atoms with Crippen LogP contribution in [-0.2, 0) is 0 Å². The van der Waals surface area contributed by atoms with Crippen molar-refractivity contribution in [3.8, 4) is 0 Å². The summed E-state index contributed by atoms with van der Waals surface area (Å²) in [5.74, 6) is 0. The van der Waals surface area contributed by atoms with Gasteiger partial charge in [-0.1, -0.05) is 52.1 Å². The molecule has 60 valence electrons. The molecule has 0 saturated carbocycles. The molecule has 1 unspecified atom stereocenters. The van der Waals surface area contributed by atoms with Gasteiger partial charge in [0.25, 0.3) is 0 Å². The molecule has 0 N–H and O–H groups in total. The minimum absolute atomic E-state index is 0.0653. The van der Waals surface area contributed by atoms with E-state index in [-0.39, 0.29) is 7.92 Å². The van der Waals surface area contributed by atoms with Crippen LogP contribution in [0.25, 0.3) is 0 Å². The number of hydrogen-bond donors (Lipinski definition) is 0. The Balaban J connectivity index is 2.77. The predicted octanol–water partition coefficient (Wildman–Crippen LogP) is 2.83. The lowest BCUT2D eigenvalue weighted by Gasteiger charge is -2.15. The average Bonchev–Trinajstić information content (AvgIpc) is 2.05. The van der Waals surface area contributed by atoms with E-state index in [1.54, 1.807) is 0 Å². The van der Waals surface area contributed by atoms with Gasteiger partial charge in [0.2, 0.25) is 0 Å². The fraction of sp³-hybridized carbons (Fsp3) is 0.400. The van der Waals surface area contributed by atoms with E-state index in [0.29, 0.717) is 0 Å². The SMILES string of the molecule is CC(C)P(C)c1ccccc1. The first-order valence-corrected chi connectivity index (χ1v) is 5.85. The zero-order valence-electron chi connectivity index (χ0n) is 7.41. The topological polar surface area (TPSA) is 0 Å². The van der Waals surface area contributed by atoms with Gasteiger partial charge in [0.1, 0.15) is 0 Å². The van der Waals surface area contributed by atoms with E-state index >= 15 is 0 Å². The van der Waals surface area contributed by atoms with Gasteiger partial charge in [0.05, 0.1) is 0 Å². The molecule has 0 aliphatic carbocycles. The van der Waals surface area contributed by atoms with Crippen molar-refractivity contribution in [3.05, 3.63) is 30.3 Å². The third-order valence-corrected chi connectivity index (χ3v) is 4.60. The molecule has 11 heavy (non-hydrogen) atoms. The van der Waals surface area contributed by atoms with Crippen LogP contribution in [0.15, 0.2) is 30.3 Å². The lowest BCUT2D eigenvalue weighted by atomic mass is 10.4. The molecule has 0 radical (unpaired) electrons. The Bertz CT molecular complexity index is 203. The van der Waals surface area contributed by atoms with Gasteiger partial charge in [-0.2, -0.15) is 0 Å². The van der Waals surface area contributed by atoms with Crippen molar-refractivity contribution in [3.63, 3.8) is 0 Å². The Morgan fingerprint density at radius 2 is 1.64 bits per heavy atom. The maximum atomic E-state index is 2.34. The molecule has 0 aliphatic heterocycles. The maximum absolute atomic E-state index is 2.34. The highest BCUT2D eigenvalue weighted by molar-refractivity contribution is 7.65. The summed E-state index contributed by atoms with van der Waals surface area (Å²) in [4.78, 5) is 0. The van der Waals surface area contributed by atoms with Gasteiger partial charge in [-0.25, -0.2) is 0 Å². The molecule has 1 rings (SSSR count). The van der Waals surface area contributed by atoms with Gasteiger partial charge in [-0.15, -0.1) is 0 Å². The maximum Gasteiger partial charge on any atom is -0.0228 e. The van der Waals surface area contributed by atoms with Crippen molar-refractivity contribution in [2.45, 2.75) is 19.5 Å². The minimum atomic E-state index is 0.0653. The van der Waals surface area contributed by atoms with Crippen molar-refractivity contribution in [1.29, 1.82) is 0 Å². The van der Waals surface area contributed by atoms with Crippen LogP contribution in [0.2, 0.25) is 0 Å². The second kappa shape index (κ2) is 3.88. The Morgan fingerprint density at radius 3 is 2.09 bits per heavy atom. The number of benzene rings is 1. The molecule has 0 aromatic heterocycles. The van der Waals surface area contributed by atoms with Crippen molar-refractivity contribution < 1.29 is 0 Å². The van der Waals surface area contributed by atoms with Crippen LogP contribution in [0.3, 0.4) is 0 Å². The first-order valence-electron chi connectivity index (χ1n) is 3.99. The van der Waals surface area contributed by atoms with E-state index < -0.39 is 0 Å². The second-order valence-electron chi connectivity index (χ2n) is 3.04. The van der Waals surface area contributed by atoms with Crippen LogP contribution in [0.1, 0.15) is 13.8 Å². The summed E-state index contributed by atoms with van der Waals surface area (Å²) in [7, 11) is 0.0653. The largest absolute Gasteiger partial charge is 0.0759 e. The highest BCUT2D eigenvalue weighted by atomic mass is 31.1. The summed E-state index contributed by atoms with van der Waals surface area (Å²) in [5, 5.41) is 1.51. The van der Waals surface area contributed by atoms with Gasteiger partial charge in [0.15, 0.2) is 0 Å². The molecular weight excluding hydrogens is 151 g/mol. The summed E-state index contributed by atoms with van der Waals surface area (Å²) in [5.41, 5.74) is 0.799. The quantitative estimate of drug-likeness (QED) is 0.592. The van der Waals surface area contributed by atoms with Gasteiger partial charge < -0.3 is 0 Å².